The highest BCUT2D eigenvalue weighted by Gasteiger charge is 2.14. The monoisotopic (exact) mass is 262 g/mol. The van der Waals surface area contributed by atoms with Gasteiger partial charge in [-0.3, -0.25) is 0 Å². The molecule has 4 heteroatoms. The summed E-state index contributed by atoms with van der Waals surface area (Å²) in [6.07, 6.45) is 0. The summed E-state index contributed by atoms with van der Waals surface area (Å²) in [7, 11) is 1.68. The number of ether oxygens (including phenoxy) is 1. The molecule has 0 bridgehead atoms. The first-order valence-electron chi connectivity index (χ1n) is 5.95. The van der Waals surface area contributed by atoms with Crippen LogP contribution < -0.4 is 10.1 Å². The first-order valence-corrected chi connectivity index (χ1v) is 6.77. The smallest absolute Gasteiger partial charge is 0.141 e. The fourth-order valence-electron chi connectivity index (χ4n) is 2.01. The summed E-state index contributed by atoms with van der Waals surface area (Å²) in [5, 5.41) is 4.56. The third-order valence-corrected chi connectivity index (χ3v) is 3.73. The highest BCUT2D eigenvalue weighted by molar-refractivity contribution is 7.11. The molecule has 96 valence electrons. The van der Waals surface area contributed by atoms with Gasteiger partial charge in [0.2, 0.25) is 0 Å². The van der Waals surface area contributed by atoms with E-state index in [4.69, 9.17) is 4.74 Å². The van der Waals surface area contributed by atoms with Gasteiger partial charge in [-0.25, -0.2) is 4.98 Å². The van der Waals surface area contributed by atoms with Gasteiger partial charge in [-0.1, -0.05) is 12.1 Å². The number of benzene rings is 1. The number of methoxy groups -OCH3 is 1. The number of hydrogen-bond acceptors (Lipinski definition) is 4. The van der Waals surface area contributed by atoms with E-state index in [9.17, 15) is 0 Å². The molecule has 0 fully saturated rings. The summed E-state index contributed by atoms with van der Waals surface area (Å²) in [6, 6.07) is 8.10. The second-order valence-corrected chi connectivity index (χ2v) is 5.65. The molecule has 18 heavy (non-hydrogen) atoms. The van der Waals surface area contributed by atoms with Crippen molar-refractivity contribution in [1.29, 1.82) is 0 Å². The molecule has 1 aromatic heterocycles. The molecule has 1 N–H and O–H groups in total. The number of nitrogens with zero attached hydrogens (tertiary/aromatic N) is 1. The molecule has 1 unspecified atom stereocenters. The number of rotatable bonds is 4. The van der Waals surface area contributed by atoms with Crippen LogP contribution >= 0.6 is 11.3 Å². The third-order valence-electron chi connectivity index (χ3n) is 2.83. The Labute approximate surface area is 112 Å². The van der Waals surface area contributed by atoms with Crippen molar-refractivity contribution in [1.82, 2.24) is 4.98 Å². The van der Waals surface area contributed by atoms with Crippen molar-refractivity contribution in [2.45, 2.75) is 26.8 Å². The summed E-state index contributed by atoms with van der Waals surface area (Å²) in [5.74, 6) is 0.856. The van der Waals surface area contributed by atoms with Crippen LogP contribution in [0.2, 0.25) is 0 Å². The molecule has 0 spiro atoms. The summed E-state index contributed by atoms with van der Waals surface area (Å²) < 4.78 is 5.34. The van der Waals surface area contributed by atoms with Gasteiger partial charge in [-0.15, -0.1) is 11.3 Å². The summed E-state index contributed by atoms with van der Waals surface area (Å²) >= 11 is 1.74. The predicted octanol–water partition coefficient (Wildman–Crippen LogP) is 3.94. The Balaban J connectivity index is 2.21. The second kappa shape index (κ2) is 5.40. The van der Waals surface area contributed by atoms with Crippen LogP contribution in [-0.2, 0) is 0 Å². The van der Waals surface area contributed by atoms with Gasteiger partial charge in [0.05, 0.1) is 29.5 Å². The van der Waals surface area contributed by atoms with E-state index in [-0.39, 0.29) is 6.04 Å². The number of anilines is 1. The molecule has 1 atom stereocenters. The van der Waals surface area contributed by atoms with Crippen molar-refractivity contribution in [3.05, 3.63) is 39.8 Å². The summed E-state index contributed by atoms with van der Waals surface area (Å²) in [6.45, 7) is 6.27. The molecular formula is C14H18N2OS. The van der Waals surface area contributed by atoms with Crippen LogP contribution in [0.1, 0.15) is 28.5 Å². The van der Waals surface area contributed by atoms with Crippen LogP contribution in [0, 0.1) is 13.8 Å². The summed E-state index contributed by atoms with van der Waals surface area (Å²) in [5.41, 5.74) is 2.11. The van der Waals surface area contributed by atoms with Crippen LogP contribution in [0.3, 0.4) is 0 Å². The second-order valence-electron chi connectivity index (χ2n) is 4.24. The lowest BCUT2D eigenvalue weighted by molar-refractivity contribution is 0.416. The lowest BCUT2D eigenvalue weighted by Gasteiger charge is -2.16. The molecule has 2 rings (SSSR count). The van der Waals surface area contributed by atoms with Crippen LogP contribution in [-0.4, -0.2) is 12.1 Å². The van der Waals surface area contributed by atoms with E-state index < -0.39 is 0 Å². The van der Waals surface area contributed by atoms with E-state index in [0.29, 0.717) is 0 Å². The van der Waals surface area contributed by atoms with Crippen molar-refractivity contribution in [2.24, 2.45) is 0 Å². The lowest BCUT2D eigenvalue weighted by atomic mass is 10.2. The van der Waals surface area contributed by atoms with Crippen LogP contribution in [0.25, 0.3) is 0 Å². The van der Waals surface area contributed by atoms with Gasteiger partial charge < -0.3 is 10.1 Å². The van der Waals surface area contributed by atoms with E-state index >= 15 is 0 Å². The Morgan fingerprint density at radius 3 is 2.61 bits per heavy atom. The molecule has 0 amide bonds. The number of nitrogens with one attached hydrogen (secondary N) is 1. The molecule has 0 radical (unpaired) electrons. The molecule has 1 heterocycles. The molecule has 0 saturated heterocycles. The minimum atomic E-state index is 0.172. The van der Waals surface area contributed by atoms with Crippen molar-refractivity contribution in [3.63, 3.8) is 0 Å². The molecule has 3 nitrogen and oxygen atoms in total. The molecule has 0 aliphatic rings. The van der Waals surface area contributed by atoms with Gasteiger partial charge in [0.25, 0.3) is 0 Å². The van der Waals surface area contributed by atoms with E-state index in [2.05, 4.69) is 24.1 Å². The largest absolute Gasteiger partial charge is 0.495 e. The van der Waals surface area contributed by atoms with Crippen molar-refractivity contribution in [2.75, 3.05) is 12.4 Å². The standard InChI is InChI=1S/C14H18N2OS/c1-9(14-10(2)18-11(3)16-14)15-12-7-5-6-8-13(12)17-4/h5-9,15H,1-4H3. The Morgan fingerprint density at radius 1 is 1.28 bits per heavy atom. The van der Waals surface area contributed by atoms with Gasteiger partial charge in [-0.05, 0) is 32.9 Å². The highest BCUT2D eigenvalue weighted by atomic mass is 32.1. The number of thiazole rings is 1. The van der Waals surface area contributed by atoms with E-state index in [1.807, 2.05) is 31.2 Å². The minimum Gasteiger partial charge on any atom is -0.495 e. The third kappa shape index (κ3) is 2.64. The predicted molar refractivity (Wildman–Crippen MR) is 76.6 cm³/mol. The lowest BCUT2D eigenvalue weighted by Crippen LogP contribution is -2.09. The fourth-order valence-corrected chi connectivity index (χ4v) is 2.93. The number of para-hydroxylation sites is 2. The average Bonchev–Trinajstić information content (AvgIpc) is 2.69. The van der Waals surface area contributed by atoms with E-state index in [0.717, 1.165) is 22.1 Å². The van der Waals surface area contributed by atoms with Gasteiger partial charge in [-0.2, -0.15) is 0 Å². The molecular weight excluding hydrogens is 244 g/mol. The zero-order valence-corrected chi connectivity index (χ0v) is 12.0. The van der Waals surface area contributed by atoms with Crippen LogP contribution in [0.5, 0.6) is 5.75 Å². The topological polar surface area (TPSA) is 34.1 Å². The zero-order chi connectivity index (χ0) is 13.1. The fraction of sp³-hybridized carbons (Fsp3) is 0.357. The first kappa shape index (κ1) is 12.9. The normalized spacial score (nSPS) is 12.2. The highest BCUT2D eigenvalue weighted by Crippen LogP contribution is 2.29. The van der Waals surface area contributed by atoms with Crippen molar-refractivity contribution < 1.29 is 4.74 Å². The molecule has 0 saturated carbocycles. The van der Waals surface area contributed by atoms with Crippen molar-refractivity contribution >= 4 is 17.0 Å². The average molecular weight is 262 g/mol. The number of aryl methyl sites for hydroxylation is 2. The quantitative estimate of drug-likeness (QED) is 0.906. The Kier molecular flexibility index (Phi) is 3.87. The molecule has 2 aromatic rings. The number of hydrogen-bond donors (Lipinski definition) is 1. The zero-order valence-electron chi connectivity index (χ0n) is 11.2. The van der Waals surface area contributed by atoms with Gasteiger partial charge in [0.1, 0.15) is 5.75 Å². The van der Waals surface area contributed by atoms with Gasteiger partial charge in [0.15, 0.2) is 0 Å². The Bertz CT molecular complexity index is 536. The van der Waals surface area contributed by atoms with Crippen LogP contribution in [0.4, 0.5) is 5.69 Å². The molecule has 0 aliphatic carbocycles. The van der Waals surface area contributed by atoms with Crippen molar-refractivity contribution in [3.8, 4) is 5.75 Å². The SMILES string of the molecule is COc1ccccc1NC(C)c1nc(C)sc1C. The maximum absolute atomic E-state index is 5.34. The van der Waals surface area contributed by atoms with Gasteiger partial charge >= 0.3 is 0 Å². The molecule has 0 aliphatic heterocycles. The Hall–Kier alpha value is -1.55. The van der Waals surface area contributed by atoms with E-state index in [1.54, 1.807) is 18.4 Å². The minimum absolute atomic E-state index is 0.172. The maximum atomic E-state index is 5.34. The number of aromatic nitrogens is 1. The molecule has 1 aromatic carbocycles. The summed E-state index contributed by atoms with van der Waals surface area (Å²) in [4.78, 5) is 5.84. The van der Waals surface area contributed by atoms with Gasteiger partial charge in [0, 0.05) is 4.88 Å². The van der Waals surface area contributed by atoms with E-state index in [1.165, 1.54) is 4.88 Å². The Morgan fingerprint density at radius 2 is 2.00 bits per heavy atom. The maximum Gasteiger partial charge on any atom is 0.141 e. The first-order chi connectivity index (χ1) is 8.61. The van der Waals surface area contributed by atoms with Crippen LogP contribution in [0.15, 0.2) is 24.3 Å².